The van der Waals surface area contributed by atoms with E-state index in [1.807, 2.05) is 0 Å². The molecule has 0 bridgehead atoms. The van der Waals surface area contributed by atoms with Gasteiger partial charge in [0.25, 0.3) is 0 Å². The van der Waals surface area contributed by atoms with E-state index in [0.29, 0.717) is 18.8 Å². The highest BCUT2D eigenvalue weighted by molar-refractivity contribution is 5.95. The third kappa shape index (κ3) is 6.17. The lowest BCUT2D eigenvalue weighted by molar-refractivity contribution is -0.371. The van der Waals surface area contributed by atoms with Gasteiger partial charge in [0.15, 0.2) is 30.6 Å². The molecule has 5 aliphatic carbocycles. The summed E-state index contributed by atoms with van der Waals surface area (Å²) in [4.78, 5) is 38.8. The number of carbonyl (C=O) groups excluding carboxylic acids is 1. The van der Waals surface area contributed by atoms with Crippen LogP contribution in [0.1, 0.15) is 113 Å². The van der Waals surface area contributed by atoms with Crippen molar-refractivity contribution in [3.8, 4) is 0 Å². The molecule has 4 saturated carbocycles. The number of carboxylic acid groups (broad SMARTS) is 2. The maximum atomic E-state index is 14.8. The molecule has 2 saturated heterocycles. The summed E-state index contributed by atoms with van der Waals surface area (Å²) in [6.07, 6.45) is -9.44. The number of aliphatic hydroxyl groups is 5. The summed E-state index contributed by atoms with van der Waals surface area (Å²) in [6.45, 7) is 18.3. The Bertz CT molecular complexity index is 1630. The number of aliphatic hydroxyl groups excluding tert-OH is 5. The first-order chi connectivity index (χ1) is 25.8. The van der Waals surface area contributed by atoms with Crippen molar-refractivity contribution < 1.29 is 69.1 Å². The maximum absolute atomic E-state index is 14.8. The SMILES string of the molecule is CC1(C)CC[C@]2(C)CC[C@]3(C)C(=CC(=O)[C@@H]4[C@@]5(C)CC[C@H](O[C@@H]6O[C@H](C(=O)O)[C@@H](O)[C@H](O)[C@H]6O[C@@H]6O[C@H](C(=O)O)[C@@H](O)[C@H](O)[C@H]6O)C(C)(C)[C@@H]5CC[C@]43C)[C@@H]2C1. The van der Waals surface area contributed by atoms with Crippen molar-refractivity contribution in [1.82, 2.24) is 0 Å². The normalized spacial score (nSPS) is 52.4. The fraction of sp³-hybridized carbons (Fsp3) is 0.881. The quantitative estimate of drug-likeness (QED) is 0.192. The molecule has 0 aromatic rings. The van der Waals surface area contributed by atoms with Gasteiger partial charge in [-0.3, -0.25) is 4.79 Å². The average Bonchev–Trinajstić information content (AvgIpc) is 3.10. The fourth-order valence-corrected chi connectivity index (χ4v) is 13.3. The molecule has 0 amide bonds. The summed E-state index contributed by atoms with van der Waals surface area (Å²) in [5.74, 6) is -2.88. The number of fused-ring (bicyclic) bond motifs is 7. The van der Waals surface area contributed by atoms with Gasteiger partial charge in [-0.1, -0.05) is 61.0 Å². The number of hydrogen-bond acceptors (Lipinski definition) is 12. The molecule has 7 rings (SSSR count). The number of aliphatic carboxylic acids is 2. The van der Waals surface area contributed by atoms with E-state index in [1.165, 1.54) is 18.4 Å². The third-order valence-electron chi connectivity index (χ3n) is 16.9. The predicted octanol–water partition coefficient (Wildman–Crippen LogP) is 3.18. The van der Waals surface area contributed by atoms with Crippen LogP contribution in [0.3, 0.4) is 0 Å². The van der Waals surface area contributed by atoms with Crippen LogP contribution in [0.15, 0.2) is 11.6 Å². The van der Waals surface area contributed by atoms with Crippen LogP contribution in [-0.2, 0) is 33.3 Å². The molecule has 18 atom stereocenters. The summed E-state index contributed by atoms with van der Waals surface area (Å²) in [7, 11) is 0. The van der Waals surface area contributed by atoms with Gasteiger partial charge in [-0.2, -0.15) is 0 Å². The summed E-state index contributed by atoms with van der Waals surface area (Å²) in [5.41, 5.74) is 0.340. The van der Waals surface area contributed by atoms with Crippen molar-refractivity contribution in [1.29, 1.82) is 0 Å². The molecule has 56 heavy (non-hydrogen) atoms. The van der Waals surface area contributed by atoms with Gasteiger partial charge in [-0.15, -0.1) is 0 Å². The van der Waals surface area contributed by atoms with E-state index < -0.39 is 90.3 Å². The zero-order valence-corrected chi connectivity index (χ0v) is 34.0. The Labute approximate surface area is 328 Å². The van der Waals surface area contributed by atoms with E-state index in [1.54, 1.807) is 0 Å². The summed E-state index contributed by atoms with van der Waals surface area (Å²) < 4.78 is 23.5. The highest BCUT2D eigenvalue weighted by Crippen LogP contribution is 2.75. The zero-order chi connectivity index (χ0) is 41.3. The van der Waals surface area contributed by atoms with E-state index >= 15 is 0 Å². The molecule has 0 radical (unpaired) electrons. The van der Waals surface area contributed by atoms with Crippen molar-refractivity contribution in [3.05, 3.63) is 11.6 Å². The number of carboxylic acids is 2. The Kier molecular flexibility index (Phi) is 10.4. The second-order valence-corrected chi connectivity index (χ2v) is 20.9. The lowest BCUT2D eigenvalue weighted by atomic mass is 9.33. The Morgan fingerprint density at radius 2 is 1.29 bits per heavy atom. The van der Waals surface area contributed by atoms with Crippen molar-refractivity contribution in [2.75, 3.05) is 0 Å². The predicted molar refractivity (Wildman–Crippen MR) is 197 cm³/mol. The van der Waals surface area contributed by atoms with Crippen LogP contribution >= 0.6 is 0 Å². The van der Waals surface area contributed by atoms with Crippen LogP contribution in [-0.4, -0.2) is 121 Å². The van der Waals surface area contributed by atoms with Crippen LogP contribution in [0.2, 0.25) is 0 Å². The van der Waals surface area contributed by atoms with E-state index in [0.717, 1.165) is 32.1 Å². The van der Waals surface area contributed by atoms with E-state index in [4.69, 9.17) is 18.9 Å². The molecule has 2 aliphatic heterocycles. The average molecular weight is 793 g/mol. The van der Waals surface area contributed by atoms with E-state index in [9.17, 15) is 50.1 Å². The third-order valence-corrected chi connectivity index (χ3v) is 16.9. The molecule has 0 unspecified atom stereocenters. The lowest BCUT2D eigenvalue weighted by Crippen LogP contribution is -2.68. The van der Waals surface area contributed by atoms with Gasteiger partial charge in [0.2, 0.25) is 0 Å². The zero-order valence-electron chi connectivity index (χ0n) is 34.0. The second kappa shape index (κ2) is 13.8. The van der Waals surface area contributed by atoms with E-state index in [-0.39, 0.29) is 39.3 Å². The first-order valence-electron chi connectivity index (χ1n) is 20.6. The lowest BCUT2D eigenvalue weighted by Gasteiger charge is -2.70. The van der Waals surface area contributed by atoms with Crippen molar-refractivity contribution in [2.45, 2.75) is 181 Å². The van der Waals surface area contributed by atoms with Gasteiger partial charge >= 0.3 is 11.9 Å². The Morgan fingerprint density at radius 3 is 1.91 bits per heavy atom. The summed E-state index contributed by atoms with van der Waals surface area (Å²) in [6, 6.07) is 0. The number of ketones is 1. The van der Waals surface area contributed by atoms with Crippen LogP contribution in [0, 0.1) is 50.2 Å². The molecule has 0 spiro atoms. The van der Waals surface area contributed by atoms with Crippen molar-refractivity contribution in [2.24, 2.45) is 50.2 Å². The topological polar surface area (TPSA) is 230 Å². The highest BCUT2D eigenvalue weighted by atomic mass is 16.8. The maximum Gasteiger partial charge on any atom is 0.335 e. The largest absolute Gasteiger partial charge is 0.479 e. The number of allylic oxidation sites excluding steroid dienone is 2. The van der Waals surface area contributed by atoms with Crippen LogP contribution in [0.5, 0.6) is 0 Å². The molecule has 14 heteroatoms. The molecule has 0 aromatic carbocycles. The molecule has 14 nitrogen and oxygen atoms in total. The van der Waals surface area contributed by atoms with Crippen LogP contribution < -0.4 is 0 Å². The van der Waals surface area contributed by atoms with Gasteiger partial charge in [-0.25, -0.2) is 9.59 Å². The summed E-state index contributed by atoms with van der Waals surface area (Å²) >= 11 is 0. The van der Waals surface area contributed by atoms with Gasteiger partial charge in [0, 0.05) is 5.92 Å². The van der Waals surface area contributed by atoms with Crippen molar-refractivity contribution >= 4 is 17.7 Å². The molecule has 7 N–H and O–H groups in total. The Hall–Kier alpha value is -2.01. The summed E-state index contributed by atoms with van der Waals surface area (Å²) in [5, 5.41) is 72.8. The molecule has 6 fully saturated rings. The van der Waals surface area contributed by atoms with Gasteiger partial charge < -0.3 is 54.7 Å². The van der Waals surface area contributed by atoms with Gasteiger partial charge in [0.1, 0.15) is 36.6 Å². The molecule has 7 aliphatic rings. The molecule has 316 valence electrons. The van der Waals surface area contributed by atoms with Gasteiger partial charge in [0.05, 0.1) is 6.10 Å². The molecule has 0 aromatic heterocycles. The van der Waals surface area contributed by atoms with Crippen molar-refractivity contribution in [3.63, 3.8) is 0 Å². The second-order valence-electron chi connectivity index (χ2n) is 20.9. The monoisotopic (exact) mass is 792 g/mol. The van der Waals surface area contributed by atoms with Crippen LogP contribution in [0.4, 0.5) is 0 Å². The fourth-order valence-electron chi connectivity index (χ4n) is 13.3. The Morgan fingerprint density at radius 1 is 0.696 bits per heavy atom. The van der Waals surface area contributed by atoms with E-state index in [2.05, 4.69) is 61.5 Å². The molecular weight excluding hydrogens is 728 g/mol. The number of ether oxygens (including phenoxy) is 4. The Balaban J connectivity index is 1.17. The minimum absolute atomic E-state index is 0.0120. The van der Waals surface area contributed by atoms with Gasteiger partial charge in [-0.05, 0) is 108 Å². The minimum atomic E-state index is -2.02. The standard InChI is InChI=1S/C42H64O14/c1-37(2)13-14-39(5)15-16-41(7)19(20(39)18-37)17-21(43)32-40(6)11-10-23(38(3,4)22(40)9-12-42(32,41)8)53-36-31(27(47)26(46)30(55-36)34(51)52)56-35-28(48)24(44)25(45)29(54-35)33(49)50/h17,20,22-32,35-36,44-48H,9-16,18H2,1-8H3,(H,49,50)(H,51,52)/t20-,22-,23-,24-,25-,26-,27-,28+,29-,30-,31+,32+,35-,36+,39+,40-,41+,42+/m0/s1. The number of carbonyl (C=O) groups is 3. The minimum Gasteiger partial charge on any atom is -0.479 e. The number of hydrogen-bond donors (Lipinski definition) is 7. The number of rotatable bonds is 6. The molecular formula is C42H64O14. The highest BCUT2D eigenvalue weighted by Gasteiger charge is 2.70. The smallest absolute Gasteiger partial charge is 0.335 e. The van der Waals surface area contributed by atoms with Crippen LogP contribution in [0.25, 0.3) is 0 Å². The first kappa shape index (κ1) is 42.1. The molecule has 2 heterocycles. The first-order valence-corrected chi connectivity index (χ1v) is 20.6.